The molecule has 1 aromatic rings. The van der Waals surface area contributed by atoms with Gasteiger partial charge in [0.1, 0.15) is 10.5 Å². The van der Waals surface area contributed by atoms with Crippen molar-refractivity contribution in [3.63, 3.8) is 0 Å². The second kappa shape index (κ2) is 6.23. The van der Waals surface area contributed by atoms with Crippen LogP contribution >= 0.6 is 23.2 Å². The van der Waals surface area contributed by atoms with Gasteiger partial charge < -0.3 is 10.1 Å². The third kappa shape index (κ3) is 3.59. The molecule has 0 spiro atoms. The van der Waals surface area contributed by atoms with Gasteiger partial charge in [-0.1, -0.05) is 11.6 Å². The number of nitrogens with zero attached hydrogens (tertiary/aromatic N) is 2. The van der Waals surface area contributed by atoms with Gasteiger partial charge in [-0.05, 0) is 6.92 Å². The van der Waals surface area contributed by atoms with Gasteiger partial charge in [-0.25, -0.2) is 0 Å². The molecule has 1 unspecified atom stereocenters. The van der Waals surface area contributed by atoms with Crippen LogP contribution in [0.5, 0.6) is 0 Å². The molecule has 0 aromatic carbocycles. The molecule has 17 heavy (non-hydrogen) atoms. The Morgan fingerprint density at radius 2 is 2.29 bits per heavy atom. The zero-order valence-electron chi connectivity index (χ0n) is 9.96. The van der Waals surface area contributed by atoms with Gasteiger partial charge >= 0.3 is 5.97 Å². The summed E-state index contributed by atoms with van der Waals surface area (Å²) in [5.41, 5.74) is 1.76. The number of methoxy groups -OCH3 is 1. The molecule has 96 valence electrons. The number of hydrogen-bond donors (Lipinski definition) is 1. The van der Waals surface area contributed by atoms with Gasteiger partial charge in [0, 0.05) is 25.7 Å². The molecule has 5 nitrogen and oxygen atoms in total. The van der Waals surface area contributed by atoms with Gasteiger partial charge in [0.2, 0.25) is 0 Å². The maximum Gasteiger partial charge on any atom is 0.325 e. The summed E-state index contributed by atoms with van der Waals surface area (Å²) in [6.07, 6.45) is 0. The average Bonchev–Trinajstić information content (AvgIpc) is 2.54. The normalized spacial score (nSPS) is 12.5. The molecule has 1 heterocycles. The van der Waals surface area contributed by atoms with Crippen molar-refractivity contribution < 1.29 is 9.53 Å². The van der Waals surface area contributed by atoms with Crippen molar-refractivity contribution in [2.75, 3.05) is 13.7 Å². The molecule has 0 bridgehead atoms. The molecule has 0 aliphatic heterocycles. The standard InChI is InChI=1S/C10H15Cl2N3O2/c1-6-7(9(12)15(2)14-6)4-13-5-8(11)10(16)17-3/h8,13H,4-5H2,1-3H3. The van der Waals surface area contributed by atoms with Gasteiger partial charge in [0.05, 0.1) is 12.8 Å². The van der Waals surface area contributed by atoms with Gasteiger partial charge in [-0.3, -0.25) is 9.48 Å². The molecule has 1 N–H and O–H groups in total. The maximum atomic E-state index is 11.1. The number of nitrogens with one attached hydrogen (secondary N) is 1. The molecule has 0 aliphatic carbocycles. The number of alkyl halides is 1. The summed E-state index contributed by atoms with van der Waals surface area (Å²) >= 11 is 11.8. The van der Waals surface area contributed by atoms with Crippen LogP contribution in [0.4, 0.5) is 0 Å². The van der Waals surface area contributed by atoms with Crippen molar-refractivity contribution in [1.82, 2.24) is 15.1 Å². The number of carbonyl (C=O) groups is 1. The van der Waals surface area contributed by atoms with E-state index in [1.54, 1.807) is 11.7 Å². The molecule has 0 aliphatic rings. The summed E-state index contributed by atoms with van der Waals surface area (Å²) in [5, 5.41) is 7.11. The van der Waals surface area contributed by atoms with E-state index in [9.17, 15) is 4.79 Å². The first-order valence-electron chi connectivity index (χ1n) is 5.08. The molecule has 0 radical (unpaired) electrons. The van der Waals surface area contributed by atoms with Crippen LogP contribution in [-0.4, -0.2) is 34.8 Å². The number of esters is 1. The SMILES string of the molecule is COC(=O)C(Cl)CNCc1c(C)nn(C)c1Cl. The first-order valence-corrected chi connectivity index (χ1v) is 5.89. The lowest BCUT2D eigenvalue weighted by Crippen LogP contribution is -2.29. The van der Waals surface area contributed by atoms with E-state index in [2.05, 4.69) is 15.2 Å². The number of rotatable bonds is 5. The van der Waals surface area contributed by atoms with Crippen LogP contribution in [0.2, 0.25) is 5.15 Å². The first kappa shape index (κ1) is 14.3. The number of ether oxygens (including phenoxy) is 1. The van der Waals surface area contributed by atoms with E-state index in [0.29, 0.717) is 18.2 Å². The summed E-state index contributed by atoms with van der Waals surface area (Å²) < 4.78 is 6.12. The second-order valence-corrected chi connectivity index (χ2v) is 4.48. The zero-order valence-corrected chi connectivity index (χ0v) is 11.5. The summed E-state index contributed by atoms with van der Waals surface area (Å²) in [4.78, 5) is 11.1. The lowest BCUT2D eigenvalue weighted by atomic mass is 10.2. The average molecular weight is 280 g/mol. The Hall–Kier alpha value is -0.780. The van der Waals surface area contributed by atoms with Crippen molar-refractivity contribution in [2.45, 2.75) is 18.8 Å². The minimum absolute atomic E-state index is 0.318. The van der Waals surface area contributed by atoms with Gasteiger partial charge in [0.15, 0.2) is 0 Å². The van der Waals surface area contributed by atoms with Crippen molar-refractivity contribution in [3.05, 3.63) is 16.4 Å². The fraction of sp³-hybridized carbons (Fsp3) is 0.600. The highest BCUT2D eigenvalue weighted by atomic mass is 35.5. The number of aryl methyl sites for hydroxylation is 2. The van der Waals surface area contributed by atoms with Gasteiger partial charge in [-0.15, -0.1) is 11.6 Å². The van der Waals surface area contributed by atoms with Crippen LogP contribution in [0, 0.1) is 6.92 Å². The minimum atomic E-state index is -0.698. The Morgan fingerprint density at radius 1 is 1.65 bits per heavy atom. The van der Waals surface area contributed by atoms with Crippen LogP contribution in [0.1, 0.15) is 11.3 Å². The molecule has 1 atom stereocenters. The van der Waals surface area contributed by atoms with Crippen molar-refractivity contribution in [3.8, 4) is 0 Å². The van der Waals surface area contributed by atoms with E-state index >= 15 is 0 Å². The molecular weight excluding hydrogens is 265 g/mol. The molecule has 0 saturated heterocycles. The smallest absolute Gasteiger partial charge is 0.325 e. The lowest BCUT2D eigenvalue weighted by Gasteiger charge is -2.08. The van der Waals surface area contributed by atoms with E-state index in [0.717, 1.165) is 11.3 Å². The summed E-state index contributed by atoms with van der Waals surface area (Å²) in [7, 11) is 3.08. The molecule has 1 rings (SSSR count). The largest absolute Gasteiger partial charge is 0.468 e. The highest BCUT2D eigenvalue weighted by Crippen LogP contribution is 2.18. The van der Waals surface area contributed by atoms with Crippen molar-refractivity contribution in [1.29, 1.82) is 0 Å². The number of hydrogen-bond acceptors (Lipinski definition) is 4. The monoisotopic (exact) mass is 279 g/mol. The fourth-order valence-corrected chi connectivity index (χ4v) is 1.85. The molecule has 1 aromatic heterocycles. The fourth-order valence-electron chi connectivity index (χ4n) is 1.41. The van der Waals surface area contributed by atoms with Crippen LogP contribution in [0.3, 0.4) is 0 Å². The van der Waals surface area contributed by atoms with Gasteiger partial charge in [-0.2, -0.15) is 5.10 Å². The van der Waals surface area contributed by atoms with E-state index in [1.807, 2.05) is 6.92 Å². The number of aromatic nitrogens is 2. The Morgan fingerprint density at radius 3 is 2.76 bits per heavy atom. The Kier molecular flexibility index (Phi) is 5.24. The highest BCUT2D eigenvalue weighted by Gasteiger charge is 2.16. The number of halogens is 2. The van der Waals surface area contributed by atoms with E-state index in [4.69, 9.17) is 23.2 Å². The van der Waals surface area contributed by atoms with Gasteiger partial charge in [0.25, 0.3) is 0 Å². The quantitative estimate of drug-likeness (QED) is 0.651. The number of carbonyl (C=O) groups excluding carboxylic acids is 1. The predicted octanol–water partition coefficient (Wildman–Crippen LogP) is 1.25. The van der Waals surface area contributed by atoms with Crippen LogP contribution < -0.4 is 5.32 Å². The Labute approximate surface area is 110 Å². The Bertz CT molecular complexity index is 407. The van der Waals surface area contributed by atoms with Crippen LogP contribution in [0.25, 0.3) is 0 Å². The van der Waals surface area contributed by atoms with E-state index < -0.39 is 11.3 Å². The first-order chi connectivity index (χ1) is 7.97. The van der Waals surface area contributed by atoms with E-state index in [-0.39, 0.29) is 0 Å². The summed E-state index contributed by atoms with van der Waals surface area (Å²) in [6.45, 7) is 2.71. The van der Waals surface area contributed by atoms with Crippen molar-refractivity contribution in [2.24, 2.45) is 7.05 Å². The second-order valence-electron chi connectivity index (χ2n) is 3.60. The summed E-state index contributed by atoms with van der Waals surface area (Å²) in [6, 6.07) is 0. The third-order valence-corrected chi connectivity index (χ3v) is 3.16. The third-order valence-electron chi connectivity index (χ3n) is 2.35. The highest BCUT2D eigenvalue weighted by molar-refractivity contribution is 6.30. The predicted molar refractivity (Wildman–Crippen MR) is 66.3 cm³/mol. The molecule has 0 saturated carbocycles. The maximum absolute atomic E-state index is 11.1. The Balaban J connectivity index is 2.49. The molecule has 0 amide bonds. The van der Waals surface area contributed by atoms with E-state index in [1.165, 1.54) is 7.11 Å². The molecular formula is C10H15Cl2N3O2. The van der Waals surface area contributed by atoms with Crippen LogP contribution in [-0.2, 0) is 23.1 Å². The molecule has 0 fully saturated rings. The lowest BCUT2D eigenvalue weighted by molar-refractivity contribution is -0.140. The molecule has 7 heteroatoms. The van der Waals surface area contributed by atoms with Crippen molar-refractivity contribution >= 4 is 29.2 Å². The summed E-state index contributed by atoms with van der Waals surface area (Å²) in [5.74, 6) is -0.451. The van der Waals surface area contributed by atoms with Crippen LogP contribution in [0.15, 0.2) is 0 Å². The minimum Gasteiger partial charge on any atom is -0.468 e. The topological polar surface area (TPSA) is 56.1 Å². The zero-order chi connectivity index (χ0) is 13.0.